The van der Waals surface area contributed by atoms with Gasteiger partial charge in [0.05, 0.1) is 0 Å². The van der Waals surface area contributed by atoms with Crippen molar-refractivity contribution in [2.45, 2.75) is 24.8 Å². The first-order valence-electron chi connectivity index (χ1n) is 7.13. The van der Waals surface area contributed by atoms with E-state index in [1.54, 1.807) is 5.56 Å². The lowest BCUT2D eigenvalue weighted by Gasteiger charge is -2.45. The molecule has 0 radical (unpaired) electrons. The van der Waals surface area contributed by atoms with Gasteiger partial charge in [0.2, 0.25) is 0 Å². The average Bonchev–Trinajstić information content (AvgIpc) is 2.85. The summed E-state index contributed by atoms with van der Waals surface area (Å²) in [6, 6.07) is 7.44. The number of nitrogens with one attached hydrogen (secondary N) is 1. The van der Waals surface area contributed by atoms with Gasteiger partial charge in [0.15, 0.2) is 0 Å². The lowest BCUT2D eigenvalue weighted by atomic mass is 9.73. The number of piperidine rings is 1. The van der Waals surface area contributed by atoms with Crippen LogP contribution in [0.5, 0.6) is 0 Å². The van der Waals surface area contributed by atoms with Crippen molar-refractivity contribution in [2.24, 2.45) is 5.92 Å². The van der Waals surface area contributed by atoms with Crippen molar-refractivity contribution >= 4 is 26.8 Å². The van der Waals surface area contributed by atoms with Gasteiger partial charge < -0.3 is 9.88 Å². The molecule has 1 unspecified atom stereocenters. The molecule has 2 aliphatic rings. The van der Waals surface area contributed by atoms with E-state index in [4.69, 9.17) is 0 Å². The van der Waals surface area contributed by atoms with E-state index in [-0.39, 0.29) is 0 Å². The van der Waals surface area contributed by atoms with E-state index in [2.05, 4.69) is 57.3 Å². The quantitative estimate of drug-likeness (QED) is 0.797. The first kappa shape index (κ1) is 12.0. The van der Waals surface area contributed by atoms with Gasteiger partial charge in [-0.1, -0.05) is 28.1 Å². The third kappa shape index (κ3) is 1.71. The van der Waals surface area contributed by atoms with Gasteiger partial charge in [-0.2, -0.15) is 0 Å². The Morgan fingerprint density at radius 3 is 3.16 bits per heavy atom. The average molecular weight is 319 g/mol. The number of fused-ring (bicyclic) bond motifs is 2. The minimum Gasteiger partial charge on any atom is -0.361 e. The lowest BCUT2D eigenvalue weighted by Crippen LogP contribution is -2.48. The van der Waals surface area contributed by atoms with Crippen LogP contribution in [0.4, 0.5) is 0 Å². The number of rotatable bonds is 1. The highest BCUT2D eigenvalue weighted by molar-refractivity contribution is 9.09. The van der Waals surface area contributed by atoms with Gasteiger partial charge in [-0.15, -0.1) is 0 Å². The molecule has 0 spiro atoms. The molecular weight excluding hydrogens is 300 g/mol. The minimum atomic E-state index is 0.684. The van der Waals surface area contributed by atoms with E-state index in [9.17, 15) is 0 Å². The number of aromatic amines is 1. The van der Waals surface area contributed by atoms with Crippen molar-refractivity contribution in [3.05, 3.63) is 35.5 Å². The molecule has 1 aromatic carbocycles. The molecule has 1 fully saturated rings. The fourth-order valence-corrected chi connectivity index (χ4v) is 4.63. The molecule has 100 valence electrons. The van der Waals surface area contributed by atoms with Gasteiger partial charge in [0, 0.05) is 40.9 Å². The Kier molecular flexibility index (Phi) is 2.75. The monoisotopic (exact) mass is 318 g/mol. The third-order valence-electron chi connectivity index (χ3n) is 5.03. The van der Waals surface area contributed by atoms with Gasteiger partial charge in [-0.05, 0) is 43.0 Å². The Balaban J connectivity index is 1.86. The molecule has 0 bridgehead atoms. The molecule has 4 rings (SSSR count). The normalized spacial score (nSPS) is 30.5. The molecule has 0 saturated carbocycles. The fourth-order valence-electron chi connectivity index (χ4n) is 4.17. The number of H-pyrrole nitrogens is 1. The highest BCUT2D eigenvalue weighted by Gasteiger charge is 2.38. The van der Waals surface area contributed by atoms with Gasteiger partial charge in [0.1, 0.15) is 0 Å². The first-order chi connectivity index (χ1) is 9.28. The summed E-state index contributed by atoms with van der Waals surface area (Å²) in [5, 5.41) is 2.63. The Labute approximate surface area is 122 Å². The lowest BCUT2D eigenvalue weighted by molar-refractivity contribution is 0.121. The number of halogens is 1. The zero-order chi connectivity index (χ0) is 13.0. The number of alkyl halides is 1. The predicted molar refractivity (Wildman–Crippen MR) is 83.1 cm³/mol. The maximum absolute atomic E-state index is 3.68. The molecule has 0 amide bonds. The van der Waals surface area contributed by atoms with Crippen LogP contribution < -0.4 is 0 Å². The van der Waals surface area contributed by atoms with Crippen LogP contribution in [0, 0.1) is 5.92 Å². The zero-order valence-electron chi connectivity index (χ0n) is 11.2. The first-order valence-corrected chi connectivity index (χ1v) is 8.25. The molecule has 3 atom stereocenters. The summed E-state index contributed by atoms with van der Waals surface area (Å²) in [5.41, 5.74) is 4.40. The van der Waals surface area contributed by atoms with Crippen molar-refractivity contribution < 1.29 is 0 Å². The van der Waals surface area contributed by atoms with Crippen molar-refractivity contribution in [1.82, 2.24) is 9.88 Å². The maximum Gasteiger partial charge on any atom is 0.0459 e. The highest BCUT2D eigenvalue weighted by Crippen LogP contribution is 2.44. The summed E-state index contributed by atoms with van der Waals surface area (Å²) in [6.45, 7) is 1.22. The number of likely N-dealkylation sites (tertiary alicyclic amines) is 1. The zero-order valence-corrected chi connectivity index (χ0v) is 12.8. The second kappa shape index (κ2) is 4.35. The molecule has 1 N–H and O–H groups in total. The maximum atomic E-state index is 3.68. The Morgan fingerprint density at radius 1 is 1.42 bits per heavy atom. The second-order valence-electron chi connectivity index (χ2n) is 6.16. The predicted octanol–water partition coefficient (Wildman–Crippen LogP) is 3.52. The summed E-state index contributed by atoms with van der Waals surface area (Å²) in [6.07, 6.45) is 4.74. The number of aromatic nitrogens is 1. The standard InChI is InChI=1S/C16H19BrN2/c1-19-9-10(7-17)5-13-12-3-2-4-14-16(12)11(8-18-14)6-15(13)19/h2-4,8,10,13,15,18H,5-7,9H2,1H3/t10?,13-,15-/m1/s1. The van der Waals surface area contributed by atoms with E-state index in [1.165, 1.54) is 35.9 Å². The smallest absolute Gasteiger partial charge is 0.0459 e. The van der Waals surface area contributed by atoms with Crippen LogP contribution >= 0.6 is 15.9 Å². The number of benzene rings is 1. The molecule has 1 saturated heterocycles. The van der Waals surface area contributed by atoms with Crippen molar-refractivity contribution in [3.63, 3.8) is 0 Å². The highest BCUT2D eigenvalue weighted by atomic mass is 79.9. The summed E-state index contributed by atoms with van der Waals surface area (Å²) in [7, 11) is 2.30. The molecule has 1 aliphatic heterocycles. The summed E-state index contributed by atoms with van der Waals surface area (Å²) >= 11 is 3.68. The van der Waals surface area contributed by atoms with Crippen LogP contribution in [-0.4, -0.2) is 34.8 Å². The summed E-state index contributed by atoms with van der Waals surface area (Å²) in [4.78, 5) is 6.02. The van der Waals surface area contributed by atoms with Crippen LogP contribution in [0.15, 0.2) is 24.4 Å². The van der Waals surface area contributed by atoms with Crippen LogP contribution in [0.25, 0.3) is 10.9 Å². The topological polar surface area (TPSA) is 19.0 Å². The fraction of sp³-hybridized carbons (Fsp3) is 0.500. The van der Waals surface area contributed by atoms with E-state index >= 15 is 0 Å². The van der Waals surface area contributed by atoms with Crippen molar-refractivity contribution in [2.75, 3.05) is 18.9 Å². The minimum absolute atomic E-state index is 0.684. The second-order valence-corrected chi connectivity index (χ2v) is 6.80. The van der Waals surface area contributed by atoms with E-state index in [1.807, 2.05) is 0 Å². The molecule has 3 heteroatoms. The summed E-state index contributed by atoms with van der Waals surface area (Å²) in [5.74, 6) is 1.48. The molecule has 2 aromatic rings. The van der Waals surface area contributed by atoms with E-state index in [0.29, 0.717) is 12.0 Å². The summed E-state index contributed by atoms with van der Waals surface area (Å²) < 4.78 is 0. The van der Waals surface area contributed by atoms with Gasteiger partial charge >= 0.3 is 0 Å². The van der Waals surface area contributed by atoms with Crippen molar-refractivity contribution in [1.29, 1.82) is 0 Å². The molecular formula is C16H19BrN2. The van der Waals surface area contributed by atoms with Gasteiger partial charge in [-0.25, -0.2) is 0 Å². The molecule has 2 nitrogen and oxygen atoms in total. The van der Waals surface area contributed by atoms with E-state index in [0.717, 1.165) is 11.2 Å². The third-order valence-corrected chi connectivity index (χ3v) is 5.95. The Hall–Kier alpha value is -0.800. The number of nitrogens with zero attached hydrogens (tertiary/aromatic N) is 1. The van der Waals surface area contributed by atoms with Gasteiger partial charge in [0.25, 0.3) is 0 Å². The SMILES string of the molecule is CN1CC(CBr)C[C@@H]2c3cccc4[nH]cc(c34)C[C@H]21. The Bertz CT molecular complexity index is 618. The van der Waals surface area contributed by atoms with Crippen LogP contribution in [-0.2, 0) is 6.42 Å². The van der Waals surface area contributed by atoms with Crippen LogP contribution in [0.1, 0.15) is 23.5 Å². The van der Waals surface area contributed by atoms with Crippen LogP contribution in [0.2, 0.25) is 0 Å². The molecule has 1 aromatic heterocycles. The molecule has 19 heavy (non-hydrogen) atoms. The van der Waals surface area contributed by atoms with Crippen molar-refractivity contribution in [3.8, 4) is 0 Å². The number of hydrogen-bond acceptors (Lipinski definition) is 1. The Morgan fingerprint density at radius 2 is 2.32 bits per heavy atom. The van der Waals surface area contributed by atoms with Crippen LogP contribution in [0.3, 0.4) is 0 Å². The largest absolute Gasteiger partial charge is 0.361 e. The number of hydrogen-bond donors (Lipinski definition) is 1. The van der Waals surface area contributed by atoms with Gasteiger partial charge in [-0.3, -0.25) is 0 Å². The molecule has 2 heterocycles. The number of likely N-dealkylation sites (N-methyl/N-ethyl adjacent to an activating group) is 1. The van der Waals surface area contributed by atoms with E-state index < -0.39 is 0 Å². The molecule has 1 aliphatic carbocycles.